The Morgan fingerprint density at radius 1 is 1.14 bits per heavy atom. The lowest BCUT2D eigenvalue weighted by atomic mass is 9.86. The number of carbonyl (C=O) groups is 1. The minimum Gasteiger partial charge on any atom is -0.335 e. The third-order valence-electron chi connectivity index (χ3n) is 4.11. The van der Waals surface area contributed by atoms with Gasteiger partial charge in [-0.1, -0.05) is 62.3 Å². The number of nitrogens with one attached hydrogen (secondary N) is 1. The first-order valence-corrected chi connectivity index (χ1v) is 10.1. The van der Waals surface area contributed by atoms with E-state index in [0.717, 1.165) is 16.8 Å². The average molecular weight is 416 g/mol. The monoisotopic (exact) mass is 415 g/mol. The van der Waals surface area contributed by atoms with Crippen LogP contribution in [0.2, 0.25) is 5.02 Å². The van der Waals surface area contributed by atoms with Crippen LogP contribution in [0.15, 0.2) is 53.7 Å². The minimum atomic E-state index is -0.127. The molecule has 1 amide bonds. The van der Waals surface area contributed by atoms with E-state index in [9.17, 15) is 4.79 Å². The van der Waals surface area contributed by atoms with E-state index in [1.807, 2.05) is 36.4 Å². The molecule has 0 saturated heterocycles. The number of halogens is 1. The van der Waals surface area contributed by atoms with Crippen molar-refractivity contribution in [2.75, 3.05) is 16.9 Å². The first-order chi connectivity index (χ1) is 13.3. The molecule has 1 aromatic heterocycles. The van der Waals surface area contributed by atoms with E-state index in [0.29, 0.717) is 16.0 Å². The van der Waals surface area contributed by atoms with Gasteiger partial charge in [-0.3, -0.25) is 4.79 Å². The van der Waals surface area contributed by atoms with Crippen molar-refractivity contribution in [2.24, 2.45) is 0 Å². The lowest BCUT2D eigenvalue weighted by Crippen LogP contribution is -2.20. The van der Waals surface area contributed by atoms with Gasteiger partial charge in [0, 0.05) is 16.3 Å². The molecule has 6 nitrogen and oxygen atoms in total. The summed E-state index contributed by atoms with van der Waals surface area (Å²) in [4.78, 5) is 12.4. The molecule has 3 rings (SSSR count). The number of para-hydroxylation sites is 1. The molecule has 0 saturated carbocycles. The van der Waals surface area contributed by atoms with Crippen molar-refractivity contribution in [3.05, 3.63) is 59.1 Å². The molecule has 0 aliphatic carbocycles. The van der Waals surface area contributed by atoms with Crippen LogP contribution in [-0.2, 0) is 10.2 Å². The van der Waals surface area contributed by atoms with Crippen molar-refractivity contribution >= 4 is 35.0 Å². The van der Waals surface area contributed by atoms with Gasteiger partial charge in [0.15, 0.2) is 5.82 Å². The van der Waals surface area contributed by atoms with Crippen molar-refractivity contribution in [1.82, 2.24) is 14.9 Å². The van der Waals surface area contributed by atoms with E-state index in [1.54, 1.807) is 12.1 Å². The van der Waals surface area contributed by atoms with Crippen molar-refractivity contribution in [3.63, 3.8) is 0 Å². The second-order valence-electron chi connectivity index (χ2n) is 7.32. The van der Waals surface area contributed by atoms with E-state index in [-0.39, 0.29) is 17.1 Å². The fourth-order valence-electron chi connectivity index (χ4n) is 2.73. The maximum absolute atomic E-state index is 12.4. The Balaban J connectivity index is 1.67. The molecule has 0 unspecified atom stereocenters. The zero-order valence-electron chi connectivity index (χ0n) is 15.9. The Kier molecular flexibility index (Phi) is 5.96. The molecular formula is C20H22ClN5OS. The number of amides is 1. The number of hydrogen-bond acceptors (Lipinski definition) is 5. The molecule has 0 radical (unpaired) electrons. The lowest BCUT2D eigenvalue weighted by Gasteiger charge is -2.22. The Morgan fingerprint density at radius 2 is 1.82 bits per heavy atom. The van der Waals surface area contributed by atoms with Gasteiger partial charge in [0.05, 0.1) is 5.75 Å². The van der Waals surface area contributed by atoms with Gasteiger partial charge in [-0.15, -0.1) is 10.2 Å². The molecule has 0 bridgehead atoms. The molecule has 3 aromatic rings. The molecule has 8 heteroatoms. The highest BCUT2D eigenvalue weighted by atomic mass is 35.5. The minimum absolute atomic E-state index is 0.0675. The van der Waals surface area contributed by atoms with E-state index < -0.39 is 0 Å². The number of aromatic nitrogens is 3. The van der Waals surface area contributed by atoms with Gasteiger partial charge in [0.25, 0.3) is 0 Å². The predicted molar refractivity (Wildman–Crippen MR) is 115 cm³/mol. The molecule has 0 atom stereocenters. The van der Waals surface area contributed by atoms with Gasteiger partial charge >= 0.3 is 0 Å². The first-order valence-electron chi connectivity index (χ1n) is 8.74. The van der Waals surface area contributed by atoms with Gasteiger partial charge in [0.1, 0.15) is 0 Å². The van der Waals surface area contributed by atoms with Crippen LogP contribution in [0.3, 0.4) is 0 Å². The Labute approximate surface area is 173 Å². The number of nitrogen functional groups attached to an aromatic ring is 1. The summed E-state index contributed by atoms with van der Waals surface area (Å²) in [7, 11) is 0. The van der Waals surface area contributed by atoms with Crippen molar-refractivity contribution in [1.29, 1.82) is 0 Å². The number of benzene rings is 2. The number of anilines is 1. The molecule has 28 heavy (non-hydrogen) atoms. The highest BCUT2D eigenvalue weighted by Crippen LogP contribution is 2.29. The predicted octanol–water partition coefficient (Wildman–Crippen LogP) is 4.34. The van der Waals surface area contributed by atoms with E-state index >= 15 is 0 Å². The second kappa shape index (κ2) is 8.24. The molecule has 2 aromatic carbocycles. The Morgan fingerprint density at radius 3 is 2.50 bits per heavy atom. The van der Waals surface area contributed by atoms with Crippen LogP contribution in [0.5, 0.6) is 0 Å². The smallest absolute Gasteiger partial charge is 0.234 e. The first kappa shape index (κ1) is 20.2. The zero-order valence-corrected chi connectivity index (χ0v) is 17.5. The molecule has 0 fully saturated rings. The topological polar surface area (TPSA) is 85.8 Å². The summed E-state index contributed by atoms with van der Waals surface area (Å²) < 4.78 is 1.38. The van der Waals surface area contributed by atoms with Gasteiger partial charge in [0.2, 0.25) is 11.1 Å². The number of thioether (sulfide) groups is 1. The number of nitrogens with two attached hydrogens (primary N) is 1. The summed E-state index contributed by atoms with van der Waals surface area (Å²) in [5, 5.41) is 12.3. The number of nitrogens with zero attached hydrogens (tertiary/aromatic N) is 3. The van der Waals surface area contributed by atoms with Crippen LogP contribution in [-0.4, -0.2) is 26.5 Å². The number of rotatable bonds is 5. The van der Waals surface area contributed by atoms with E-state index in [4.69, 9.17) is 17.4 Å². The normalized spacial score (nSPS) is 11.4. The fraction of sp³-hybridized carbons (Fsp3) is 0.250. The second-order valence-corrected chi connectivity index (χ2v) is 8.69. The molecule has 146 valence electrons. The van der Waals surface area contributed by atoms with Crippen LogP contribution in [0.4, 0.5) is 5.69 Å². The molecular weight excluding hydrogens is 394 g/mol. The van der Waals surface area contributed by atoms with E-state index in [2.05, 4.69) is 36.3 Å². The lowest BCUT2D eigenvalue weighted by molar-refractivity contribution is -0.113. The summed E-state index contributed by atoms with van der Waals surface area (Å²) >= 11 is 7.14. The van der Waals surface area contributed by atoms with Crippen LogP contribution in [0.1, 0.15) is 26.3 Å². The quantitative estimate of drug-likeness (QED) is 0.478. The van der Waals surface area contributed by atoms with Crippen molar-refractivity contribution in [3.8, 4) is 11.4 Å². The van der Waals surface area contributed by atoms with Crippen LogP contribution in [0.25, 0.3) is 11.4 Å². The number of hydrogen-bond donors (Lipinski definition) is 2. The van der Waals surface area contributed by atoms with Crippen molar-refractivity contribution < 1.29 is 4.79 Å². The van der Waals surface area contributed by atoms with E-state index in [1.165, 1.54) is 16.4 Å². The van der Waals surface area contributed by atoms with Gasteiger partial charge in [-0.2, -0.15) is 0 Å². The zero-order chi connectivity index (χ0) is 20.3. The standard InChI is InChI=1S/C20H22ClN5OS/c1-20(2,3)15-6-4-5-7-16(15)23-17(27)12-28-19-25-24-18(26(19)22)13-8-10-14(21)11-9-13/h4-11H,12,22H2,1-3H3,(H,23,27). The van der Waals surface area contributed by atoms with Crippen LogP contribution < -0.4 is 11.2 Å². The maximum atomic E-state index is 12.4. The highest BCUT2D eigenvalue weighted by molar-refractivity contribution is 7.99. The molecule has 0 aliphatic rings. The van der Waals surface area contributed by atoms with Gasteiger partial charge < -0.3 is 11.2 Å². The summed E-state index contributed by atoms with van der Waals surface area (Å²) in [6.07, 6.45) is 0. The highest BCUT2D eigenvalue weighted by Gasteiger charge is 2.19. The van der Waals surface area contributed by atoms with Gasteiger partial charge in [-0.25, -0.2) is 4.68 Å². The third-order valence-corrected chi connectivity index (χ3v) is 5.30. The average Bonchev–Trinajstić information content (AvgIpc) is 3.01. The Bertz CT molecular complexity index is 979. The summed E-state index contributed by atoms with van der Waals surface area (Å²) in [6, 6.07) is 15.0. The SMILES string of the molecule is CC(C)(C)c1ccccc1NC(=O)CSc1nnc(-c2ccc(Cl)cc2)n1N. The molecule has 1 heterocycles. The summed E-state index contributed by atoms with van der Waals surface area (Å²) in [5.74, 6) is 6.66. The maximum Gasteiger partial charge on any atom is 0.234 e. The van der Waals surface area contributed by atoms with Gasteiger partial charge in [-0.05, 0) is 41.3 Å². The molecule has 0 spiro atoms. The fourth-order valence-corrected chi connectivity index (χ4v) is 3.52. The summed E-state index contributed by atoms with van der Waals surface area (Å²) in [6.45, 7) is 6.34. The van der Waals surface area contributed by atoms with Crippen LogP contribution in [0, 0.1) is 0 Å². The number of carbonyl (C=O) groups excluding carboxylic acids is 1. The largest absolute Gasteiger partial charge is 0.335 e. The summed E-state index contributed by atoms with van der Waals surface area (Å²) in [5.41, 5.74) is 2.63. The van der Waals surface area contributed by atoms with Crippen LogP contribution >= 0.6 is 23.4 Å². The third kappa shape index (κ3) is 4.66. The Hall–Kier alpha value is -2.51. The van der Waals surface area contributed by atoms with Crippen molar-refractivity contribution in [2.45, 2.75) is 31.3 Å². The molecule has 0 aliphatic heterocycles. The molecule has 3 N–H and O–H groups in total.